The van der Waals surface area contributed by atoms with E-state index in [4.69, 9.17) is 4.98 Å². The van der Waals surface area contributed by atoms with E-state index in [2.05, 4.69) is 4.98 Å². The predicted octanol–water partition coefficient (Wildman–Crippen LogP) is 5.63. The number of hydrogen-bond acceptors (Lipinski definition) is 6. The van der Waals surface area contributed by atoms with E-state index in [0.717, 1.165) is 54.5 Å². The molecule has 1 aromatic carbocycles. The Hall–Kier alpha value is -3.59. The highest BCUT2D eigenvalue weighted by molar-refractivity contribution is 7.14. The Morgan fingerprint density at radius 2 is 1.89 bits per heavy atom. The molecule has 2 aromatic heterocycles. The van der Waals surface area contributed by atoms with Crippen molar-refractivity contribution in [2.24, 2.45) is 11.8 Å². The summed E-state index contributed by atoms with van der Waals surface area (Å²) in [5.41, 5.74) is 3.52. The van der Waals surface area contributed by atoms with Gasteiger partial charge in [-0.1, -0.05) is 49.9 Å². The van der Waals surface area contributed by atoms with Crippen molar-refractivity contribution in [1.82, 2.24) is 9.97 Å². The van der Waals surface area contributed by atoms with E-state index in [9.17, 15) is 19.5 Å². The number of thiazole rings is 1. The lowest BCUT2D eigenvalue weighted by Crippen LogP contribution is -2.35. The highest BCUT2D eigenvalue weighted by Gasteiger charge is 2.31. The molecule has 3 aromatic rings. The third kappa shape index (κ3) is 5.62. The number of carbonyl (C=O) groups excluding carboxylic acids is 2. The third-order valence-electron chi connectivity index (χ3n) is 7.58. The molecule has 0 radical (unpaired) electrons. The Bertz CT molecular complexity index is 1320. The van der Waals surface area contributed by atoms with Gasteiger partial charge in [-0.25, -0.2) is 9.97 Å². The Morgan fingerprint density at radius 3 is 2.55 bits per heavy atom. The van der Waals surface area contributed by atoms with Crippen molar-refractivity contribution >= 4 is 40.1 Å². The average Bonchev–Trinajstić information content (AvgIpc) is 3.70. The van der Waals surface area contributed by atoms with Crippen LogP contribution in [0, 0.1) is 11.8 Å². The predicted molar refractivity (Wildman–Crippen MR) is 148 cm³/mol. The van der Waals surface area contributed by atoms with Gasteiger partial charge >= 0.3 is 5.97 Å². The Labute approximate surface area is 226 Å². The molecule has 0 spiro atoms. The van der Waals surface area contributed by atoms with Gasteiger partial charge in [-0.2, -0.15) is 0 Å². The van der Waals surface area contributed by atoms with Crippen molar-refractivity contribution in [3.05, 3.63) is 48.0 Å². The van der Waals surface area contributed by atoms with Crippen LogP contribution < -0.4 is 9.80 Å². The molecule has 9 heteroatoms. The van der Waals surface area contributed by atoms with E-state index in [0.29, 0.717) is 36.3 Å². The van der Waals surface area contributed by atoms with Gasteiger partial charge < -0.3 is 5.11 Å². The first-order valence-electron chi connectivity index (χ1n) is 13.2. The van der Waals surface area contributed by atoms with Gasteiger partial charge in [0.1, 0.15) is 5.82 Å². The molecule has 8 nitrogen and oxygen atoms in total. The minimum absolute atomic E-state index is 0.105. The van der Waals surface area contributed by atoms with Crippen LogP contribution in [0.15, 0.2) is 48.0 Å². The molecule has 5 rings (SSSR count). The smallest absolute Gasteiger partial charge is 0.304 e. The summed E-state index contributed by atoms with van der Waals surface area (Å²) in [6.45, 7) is 0.698. The number of carboxylic acids is 1. The zero-order valence-corrected chi connectivity index (χ0v) is 22.3. The minimum atomic E-state index is -0.947. The van der Waals surface area contributed by atoms with Crippen molar-refractivity contribution in [1.29, 1.82) is 0 Å². The van der Waals surface area contributed by atoms with E-state index < -0.39 is 11.9 Å². The molecule has 2 aliphatic rings. The first-order valence-corrected chi connectivity index (χ1v) is 14.1. The molecule has 2 fully saturated rings. The number of benzene rings is 1. The molecule has 3 heterocycles. The molecule has 0 bridgehead atoms. The fourth-order valence-electron chi connectivity index (χ4n) is 5.59. The van der Waals surface area contributed by atoms with Crippen LogP contribution in [0.2, 0.25) is 0 Å². The maximum absolute atomic E-state index is 13.4. The van der Waals surface area contributed by atoms with Crippen LogP contribution in [0.5, 0.6) is 0 Å². The number of aliphatic carboxylic acids is 1. The SMILES string of the molecule is CN(C(=O)C(CC(=O)O)CC1CCCC1)c1nc(-c2ccccc2-c2ccc(N3CCCC3=O)nc2)cs1. The summed E-state index contributed by atoms with van der Waals surface area (Å²) in [5, 5.41) is 11.9. The second kappa shape index (κ2) is 11.4. The topological polar surface area (TPSA) is 104 Å². The number of carboxylic acid groups (broad SMARTS) is 1. The molecule has 198 valence electrons. The van der Waals surface area contributed by atoms with Crippen molar-refractivity contribution in [3.8, 4) is 22.4 Å². The van der Waals surface area contributed by atoms with E-state index in [-0.39, 0.29) is 18.2 Å². The van der Waals surface area contributed by atoms with Crippen molar-refractivity contribution in [3.63, 3.8) is 0 Å². The van der Waals surface area contributed by atoms with Gasteiger partial charge in [-0.05, 0) is 36.5 Å². The minimum Gasteiger partial charge on any atom is -0.481 e. The summed E-state index contributed by atoms with van der Waals surface area (Å²) >= 11 is 1.37. The quantitative estimate of drug-likeness (QED) is 0.383. The largest absolute Gasteiger partial charge is 0.481 e. The molecule has 1 unspecified atom stereocenters. The molecule has 1 N–H and O–H groups in total. The zero-order chi connectivity index (χ0) is 26.6. The van der Waals surface area contributed by atoms with Crippen LogP contribution in [-0.4, -0.2) is 46.5 Å². The van der Waals surface area contributed by atoms with Crippen LogP contribution in [0.3, 0.4) is 0 Å². The lowest BCUT2D eigenvalue weighted by atomic mass is 9.90. The molecule has 1 aliphatic heterocycles. The molecule has 1 atom stereocenters. The second-order valence-electron chi connectivity index (χ2n) is 10.2. The maximum Gasteiger partial charge on any atom is 0.304 e. The normalized spacial score (nSPS) is 16.7. The lowest BCUT2D eigenvalue weighted by molar-refractivity contribution is -0.140. The molecule has 1 saturated heterocycles. The summed E-state index contributed by atoms with van der Waals surface area (Å²) in [5.74, 6) is -0.500. The van der Waals surface area contributed by atoms with Crippen LogP contribution in [0.25, 0.3) is 22.4 Å². The summed E-state index contributed by atoms with van der Waals surface area (Å²) in [4.78, 5) is 49.5. The first-order chi connectivity index (χ1) is 18.4. The van der Waals surface area contributed by atoms with Crippen LogP contribution in [0.4, 0.5) is 10.9 Å². The zero-order valence-electron chi connectivity index (χ0n) is 21.5. The summed E-state index contributed by atoms with van der Waals surface area (Å²) < 4.78 is 0. The van der Waals surface area contributed by atoms with Gasteiger partial charge in [-0.15, -0.1) is 11.3 Å². The maximum atomic E-state index is 13.4. The molecular weight excluding hydrogens is 500 g/mol. The van der Waals surface area contributed by atoms with Gasteiger partial charge in [0.25, 0.3) is 0 Å². The summed E-state index contributed by atoms with van der Waals surface area (Å²) in [6.07, 6.45) is 8.08. The number of carbonyl (C=O) groups is 3. The van der Waals surface area contributed by atoms with Gasteiger partial charge in [0.05, 0.1) is 12.1 Å². The molecular formula is C29H32N4O4S. The van der Waals surface area contributed by atoms with Gasteiger partial charge in [0.2, 0.25) is 11.8 Å². The number of anilines is 2. The highest BCUT2D eigenvalue weighted by atomic mass is 32.1. The third-order valence-corrected chi connectivity index (χ3v) is 8.50. The Kier molecular flexibility index (Phi) is 7.83. The number of amides is 2. The summed E-state index contributed by atoms with van der Waals surface area (Å²) in [7, 11) is 1.68. The van der Waals surface area contributed by atoms with Gasteiger partial charge in [0.15, 0.2) is 5.13 Å². The molecule has 1 aliphatic carbocycles. The van der Waals surface area contributed by atoms with Crippen molar-refractivity contribution < 1.29 is 19.5 Å². The van der Waals surface area contributed by atoms with E-state index >= 15 is 0 Å². The lowest BCUT2D eigenvalue weighted by Gasteiger charge is -2.23. The number of hydrogen-bond donors (Lipinski definition) is 1. The van der Waals surface area contributed by atoms with E-state index in [1.807, 2.05) is 41.8 Å². The monoisotopic (exact) mass is 532 g/mol. The van der Waals surface area contributed by atoms with Crippen molar-refractivity contribution in [2.75, 3.05) is 23.4 Å². The second-order valence-corrected chi connectivity index (χ2v) is 11.0. The van der Waals surface area contributed by atoms with Gasteiger partial charge in [0, 0.05) is 48.6 Å². The number of pyridine rings is 1. The van der Waals surface area contributed by atoms with Crippen LogP contribution >= 0.6 is 11.3 Å². The van der Waals surface area contributed by atoms with E-state index in [1.165, 1.54) is 16.2 Å². The number of rotatable bonds is 9. The fourth-order valence-corrected chi connectivity index (χ4v) is 6.39. The average molecular weight is 533 g/mol. The van der Waals surface area contributed by atoms with Crippen LogP contribution in [-0.2, 0) is 14.4 Å². The fraction of sp³-hybridized carbons (Fsp3) is 0.414. The van der Waals surface area contributed by atoms with Crippen LogP contribution in [0.1, 0.15) is 51.4 Å². The number of aromatic nitrogens is 2. The number of nitrogens with zero attached hydrogens (tertiary/aromatic N) is 4. The standard InChI is InChI=1S/C29H32N4O4S/c1-32(28(37)21(16-27(35)36)15-19-7-2-3-8-19)29-31-24(18-38-29)23-10-5-4-9-22(23)20-12-13-25(30-17-20)33-14-6-11-26(33)34/h4-5,9-10,12-13,17-19,21H,2-3,6-8,11,14-16H2,1H3,(H,35,36). The van der Waals surface area contributed by atoms with E-state index in [1.54, 1.807) is 18.1 Å². The molecule has 1 saturated carbocycles. The first kappa shape index (κ1) is 26.0. The Morgan fingerprint density at radius 1 is 1.13 bits per heavy atom. The van der Waals surface area contributed by atoms with Gasteiger partial charge in [-0.3, -0.25) is 24.2 Å². The molecule has 38 heavy (non-hydrogen) atoms. The van der Waals surface area contributed by atoms with Crippen molar-refractivity contribution in [2.45, 2.75) is 51.4 Å². The summed E-state index contributed by atoms with van der Waals surface area (Å²) in [6, 6.07) is 11.7. The molecule has 2 amide bonds. The highest BCUT2D eigenvalue weighted by Crippen LogP contribution is 2.36. The Balaban J connectivity index is 1.36.